The SMILES string of the molecule is Cc1ccc(Nc2nc([C@H]3CCCN3C(=O)/C=C/c3cnn(C)c3)cs2)nc1. The lowest BCUT2D eigenvalue weighted by Gasteiger charge is -2.21. The van der Waals surface area contributed by atoms with E-state index >= 15 is 0 Å². The lowest BCUT2D eigenvalue weighted by Crippen LogP contribution is -2.29. The number of rotatable bonds is 5. The van der Waals surface area contributed by atoms with Crippen molar-refractivity contribution in [3.63, 3.8) is 0 Å². The predicted octanol–water partition coefficient (Wildman–Crippen LogP) is 3.70. The smallest absolute Gasteiger partial charge is 0.247 e. The molecule has 7 nitrogen and oxygen atoms in total. The number of carbonyl (C=O) groups excluding carboxylic acids is 1. The van der Waals surface area contributed by atoms with Crippen molar-refractivity contribution in [3.05, 3.63) is 59.0 Å². The molecule has 1 amide bonds. The number of pyridine rings is 1. The second-order valence-electron chi connectivity index (χ2n) is 6.89. The largest absolute Gasteiger partial charge is 0.331 e. The maximum atomic E-state index is 12.7. The van der Waals surface area contributed by atoms with Gasteiger partial charge in [-0.15, -0.1) is 11.3 Å². The molecule has 144 valence electrons. The first-order valence-corrected chi connectivity index (χ1v) is 10.1. The van der Waals surface area contributed by atoms with E-state index in [4.69, 9.17) is 4.98 Å². The van der Waals surface area contributed by atoms with E-state index in [9.17, 15) is 4.79 Å². The number of aryl methyl sites for hydroxylation is 2. The maximum absolute atomic E-state index is 12.7. The third kappa shape index (κ3) is 4.12. The molecule has 3 aromatic rings. The molecule has 1 atom stereocenters. The highest BCUT2D eigenvalue weighted by atomic mass is 32.1. The zero-order valence-corrected chi connectivity index (χ0v) is 16.7. The van der Waals surface area contributed by atoms with Crippen LogP contribution < -0.4 is 5.32 Å². The van der Waals surface area contributed by atoms with Crippen molar-refractivity contribution in [1.82, 2.24) is 24.6 Å². The summed E-state index contributed by atoms with van der Waals surface area (Å²) in [4.78, 5) is 23.7. The van der Waals surface area contributed by atoms with E-state index in [1.807, 2.05) is 54.9 Å². The van der Waals surface area contributed by atoms with E-state index in [1.54, 1.807) is 17.0 Å². The van der Waals surface area contributed by atoms with Gasteiger partial charge < -0.3 is 10.2 Å². The molecule has 1 fully saturated rings. The Labute approximate surface area is 167 Å². The molecule has 1 aliphatic rings. The van der Waals surface area contributed by atoms with E-state index in [0.29, 0.717) is 0 Å². The summed E-state index contributed by atoms with van der Waals surface area (Å²) in [6.07, 6.45) is 10.8. The van der Waals surface area contributed by atoms with Crippen molar-refractivity contribution in [2.45, 2.75) is 25.8 Å². The van der Waals surface area contributed by atoms with Crippen molar-refractivity contribution >= 4 is 34.3 Å². The summed E-state index contributed by atoms with van der Waals surface area (Å²) in [6.45, 7) is 2.76. The molecule has 0 spiro atoms. The highest BCUT2D eigenvalue weighted by Gasteiger charge is 2.30. The minimum Gasteiger partial charge on any atom is -0.331 e. The van der Waals surface area contributed by atoms with Crippen molar-refractivity contribution in [1.29, 1.82) is 0 Å². The topological polar surface area (TPSA) is 75.9 Å². The van der Waals surface area contributed by atoms with Crippen LogP contribution in [0.3, 0.4) is 0 Å². The van der Waals surface area contributed by atoms with Gasteiger partial charge in [0, 0.05) is 43.0 Å². The number of carbonyl (C=O) groups is 1. The molecule has 4 heterocycles. The van der Waals surface area contributed by atoms with Gasteiger partial charge >= 0.3 is 0 Å². The molecule has 0 aromatic carbocycles. The molecule has 1 saturated heterocycles. The van der Waals surface area contributed by atoms with Crippen LogP contribution in [-0.4, -0.2) is 37.1 Å². The van der Waals surface area contributed by atoms with Gasteiger partial charge in [-0.3, -0.25) is 9.48 Å². The number of thiazole rings is 1. The van der Waals surface area contributed by atoms with Crippen molar-refractivity contribution < 1.29 is 4.79 Å². The fourth-order valence-electron chi connectivity index (χ4n) is 3.28. The summed E-state index contributed by atoms with van der Waals surface area (Å²) in [6, 6.07) is 3.96. The third-order valence-corrected chi connectivity index (χ3v) is 5.46. The second kappa shape index (κ2) is 7.93. The number of hydrogen-bond donors (Lipinski definition) is 1. The lowest BCUT2D eigenvalue weighted by molar-refractivity contribution is -0.126. The zero-order chi connectivity index (χ0) is 19.5. The Bertz CT molecular complexity index is 990. The van der Waals surface area contributed by atoms with E-state index in [2.05, 4.69) is 15.4 Å². The quantitative estimate of drug-likeness (QED) is 0.668. The fourth-order valence-corrected chi connectivity index (χ4v) is 4.04. The highest BCUT2D eigenvalue weighted by molar-refractivity contribution is 7.13. The molecule has 4 rings (SSSR count). The molecule has 0 unspecified atom stereocenters. The van der Waals surface area contributed by atoms with Crippen LogP contribution in [0.25, 0.3) is 6.08 Å². The number of nitrogens with zero attached hydrogens (tertiary/aromatic N) is 5. The molecule has 3 aromatic heterocycles. The molecule has 0 aliphatic carbocycles. The van der Waals surface area contributed by atoms with E-state index < -0.39 is 0 Å². The average molecular weight is 395 g/mol. The highest BCUT2D eigenvalue weighted by Crippen LogP contribution is 2.34. The van der Waals surface area contributed by atoms with Crippen LogP contribution in [0.15, 0.2) is 42.2 Å². The molecule has 0 radical (unpaired) electrons. The minimum atomic E-state index is 0.00839. The zero-order valence-electron chi connectivity index (χ0n) is 15.9. The van der Waals surface area contributed by atoms with Crippen LogP contribution >= 0.6 is 11.3 Å². The Morgan fingerprint density at radius 1 is 1.36 bits per heavy atom. The first-order chi connectivity index (χ1) is 13.6. The van der Waals surface area contributed by atoms with E-state index in [1.165, 1.54) is 11.3 Å². The summed E-state index contributed by atoms with van der Waals surface area (Å²) in [5, 5.41) is 10.2. The number of amides is 1. The molecule has 1 N–H and O–H groups in total. The van der Waals surface area contributed by atoms with E-state index in [-0.39, 0.29) is 11.9 Å². The molecule has 8 heteroatoms. The predicted molar refractivity (Wildman–Crippen MR) is 110 cm³/mol. The summed E-state index contributed by atoms with van der Waals surface area (Å²) >= 11 is 1.53. The van der Waals surface area contributed by atoms with Gasteiger partial charge in [-0.25, -0.2) is 9.97 Å². The summed E-state index contributed by atoms with van der Waals surface area (Å²) in [5.41, 5.74) is 2.96. The van der Waals surface area contributed by atoms with Gasteiger partial charge in [-0.1, -0.05) is 6.07 Å². The lowest BCUT2D eigenvalue weighted by atomic mass is 10.1. The number of aromatic nitrogens is 4. The molecule has 0 bridgehead atoms. The number of nitrogens with one attached hydrogen (secondary N) is 1. The molecule has 28 heavy (non-hydrogen) atoms. The van der Waals surface area contributed by atoms with Gasteiger partial charge in [0.2, 0.25) is 5.91 Å². The third-order valence-electron chi connectivity index (χ3n) is 4.69. The van der Waals surface area contributed by atoms with Crippen LogP contribution in [0.4, 0.5) is 10.9 Å². The first-order valence-electron chi connectivity index (χ1n) is 9.21. The average Bonchev–Trinajstić information content (AvgIpc) is 3.42. The van der Waals surface area contributed by atoms with Crippen LogP contribution in [0.5, 0.6) is 0 Å². The summed E-state index contributed by atoms with van der Waals surface area (Å²) in [7, 11) is 1.86. The number of anilines is 2. The van der Waals surface area contributed by atoms with Gasteiger partial charge in [0.15, 0.2) is 5.13 Å². The fraction of sp³-hybridized carbons (Fsp3) is 0.300. The maximum Gasteiger partial charge on any atom is 0.247 e. The normalized spacial score (nSPS) is 16.8. The van der Waals surface area contributed by atoms with E-state index in [0.717, 1.165) is 47.2 Å². The van der Waals surface area contributed by atoms with Crippen LogP contribution in [-0.2, 0) is 11.8 Å². The number of hydrogen-bond acceptors (Lipinski definition) is 6. The van der Waals surface area contributed by atoms with Crippen LogP contribution in [0.1, 0.15) is 35.7 Å². The van der Waals surface area contributed by atoms with Crippen LogP contribution in [0.2, 0.25) is 0 Å². The Morgan fingerprint density at radius 2 is 2.25 bits per heavy atom. The van der Waals surface area contributed by atoms with Crippen molar-refractivity contribution in [2.75, 3.05) is 11.9 Å². The van der Waals surface area contributed by atoms with Crippen molar-refractivity contribution in [2.24, 2.45) is 7.05 Å². The van der Waals surface area contributed by atoms with Crippen molar-refractivity contribution in [3.8, 4) is 0 Å². The van der Waals surface area contributed by atoms with Crippen LogP contribution in [0, 0.1) is 6.92 Å². The summed E-state index contributed by atoms with van der Waals surface area (Å²) in [5.74, 6) is 0.777. The molecule has 0 saturated carbocycles. The van der Waals surface area contributed by atoms with Gasteiger partial charge in [0.1, 0.15) is 5.82 Å². The van der Waals surface area contributed by atoms with Gasteiger partial charge in [0.25, 0.3) is 0 Å². The Hall–Kier alpha value is -3.00. The monoisotopic (exact) mass is 394 g/mol. The van der Waals surface area contributed by atoms with Gasteiger partial charge in [0.05, 0.1) is 17.9 Å². The molecular weight excluding hydrogens is 372 g/mol. The van der Waals surface area contributed by atoms with Gasteiger partial charge in [-0.2, -0.15) is 5.10 Å². The standard InChI is InChI=1S/C20H22N6OS/c1-14-5-7-18(21-10-14)24-20-23-16(13-28-20)17-4-3-9-26(17)19(27)8-6-15-11-22-25(2)12-15/h5-8,10-13,17H,3-4,9H2,1-2H3,(H,21,23,24)/b8-6+/t17-/m1/s1. The molecular formula is C20H22N6OS. The minimum absolute atomic E-state index is 0.00839. The molecule has 1 aliphatic heterocycles. The Morgan fingerprint density at radius 3 is 3.00 bits per heavy atom. The Kier molecular flexibility index (Phi) is 5.21. The second-order valence-corrected chi connectivity index (χ2v) is 7.75. The summed E-state index contributed by atoms with van der Waals surface area (Å²) < 4.78 is 1.72. The van der Waals surface area contributed by atoms with Gasteiger partial charge in [-0.05, 0) is 37.5 Å². The Balaban J connectivity index is 1.44. The number of likely N-dealkylation sites (tertiary alicyclic amines) is 1. The first kappa shape index (κ1) is 18.4.